The number of nitrogens with zero attached hydrogens (tertiary/aromatic N) is 3. The Labute approximate surface area is 125 Å². The Kier molecular flexibility index (Phi) is 4.08. The number of hydrogen-bond acceptors (Lipinski definition) is 4. The maximum Gasteiger partial charge on any atom is 0.326 e. The lowest BCUT2D eigenvalue weighted by Gasteiger charge is -2.39. The van der Waals surface area contributed by atoms with E-state index >= 15 is 0 Å². The van der Waals surface area contributed by atoms with Crippen molar-refractivity contribution < 1.29 is 9.90 Å². The summed E-state index contributed by atoms with van der Waals surface area (Å²) in [6.07, 6.45) is 8.73. The third-order valence-electron chi connectivity index (χ3n) is 4.95. The minimum absolute atomic E-state index is 0.440. The van der Waals surface area contributed by atoms with Gasteiger partial charge >= 0.3 is 5.97 Å². The first-order chi connectivity index (χ1) is 10.2. The molecule has 5 heteroatoms. The van der Waals surface area contributed by atoms with Crippen LogP contribution in [0.1, 0.15) is 50.3 Å². The molecule has 5 nitrogen and oxygen atoms in total. The van der Waals surface area contributed by atoms with Gasteiger partial charge in [0, 0.05) is 17.8 Å². The number of carboxylic acids is 1. The molecule has 2 atom stereocenters. The van der Waals surface area contributed by atoms with E-state index in [4.69, 9.17) is 0 Å². The number of piperidine rings is 1. The highest BCUT2D eigenvalue weighted by atomic mass is 16.4. The summed E-state index contributed by atoms with van der Waals surface area (Å²) in [7, 11) is 0. The van der Waals surface area contributed by atoms with Gasteiger partial charge in [-0.3, -0.25) is 0 Å². The van der Waals surface area contributed by atoms with Crippen molar-refractivity contribution in [1.82, 2.24) is 9.97 Å². The molecular weight excluding hydrogens is 266 g/mol. The standard InChI is InChI=1S/C16H23N3O2/c1-2-11-7-8-19(14(9-11)16(20)21)15-12-5-3-4-6-13(12)17-10-18-15/h10-11,14H,2-9H2,1H3,(H,20,21). The van der Waals surface area contributed by atoms with Crippen molar-refractivity contribution >= 4 is 11.8 Å². The molecule has 1 aromatic heterocycles. The van der Waals surface area contributed by atoms with E-state index in [0.717, 1.165) is 56.6 Å². The number of aryl methyl sites for hydroxylation is 1. The number of hydrogen-bond donors (Lipinski definition) is 1. The van der Waals surface area contributed by atoms with Crippen LogP contribution in [-0.2, 0) is 17.6 Å². The molecule has 1 aliphatic heterocycles. The van der Waals surface area contributed by atoms with Crippen molar-refractivity contribution in [2.75, 3.05) is 11.4 Å². The second-order valence-corrected chi connectivity index (χ2v) is 6.18. The van der Waals surface area contributed by atoms with Crippen molar-refractivity contribution in [2.24, 2.45) is 5.92 Å². The first-order valence-corrected chi connectivity index (χ1v) is 8.03. The Hall–Kier alpha value is -1.65. The van der Waals surface area contributed by atoms with Crippen LogP contribution >= 0.6 is 0 Å². The zero-order valence-electron chi connectivity index (χ0n) is 12.6. The fourth-order valence-electron chi connectivity index (χ4n) is 3.65. The van der Waals surface area contributed by atoms with E-state index in [9.17, 15) is 9.90 Å². The molecule has 0 radical (unpaired) electrons. The Balaban J connectivity index is 1.93. The molecule has 2 heterocycles. The Morgan fingerprint density at radius 3 is 2.95 bits per heavy atom. The molecule has 0 amide bonds. The summed E-state index contributed by atoms with van der Waals surface area (Å²) < 4.78 is 0. The van der Waals surface area contributed by atoms with E-state index < -0.39 is 12.0 Å². The quantitative estimate of drug-likeness (QED) is 0.925. The molecule has 1 N–H and O–H groups in total. The van der Waals surface area contributed by atoms with E-state index in [-0.39, 0.29) is 0 Å². The highest BCUT2D eigenvalue weighted by molar-refractivity contribution is 5.78. The Morgan fingerprint density at radius 2 is 2.19 bits per heavy atom. The molecule has 0 saturated carbocycles. The number of carboxylic acid groups (broad SMARTS) is 1. The summed E-state index contributed by atoms with van der Waals surface area (Å²) in [5, 5.41) is 9.60. The Morgan fingerprint density at radius 1 is 1.38 bits per heavy atom. The summed E-state index contributed by atoms with van der Waals surface area (Å²) in [5.74, 6) is 0.665. The molecular formula is C16H23N3O2. The molecule has 1 aromatic rings. The van der Waals surface area contributed by atoms with Gasteiger partial charge in [0.25, 0.3) is 0 Å². The maximum atomic E-state index is 11.7. The van der Waals surface area contributed by atoms with Crippen molar-refractivity contribution in [1.29, 1.82) is 0 Å². The zero-order chi connectivity index (χ0) is 14.8. The lowest BCUT2D eigenvalue weighted by molar-refractivity contribution is -0.139. The van der Waals surface area contributed by atoms with Crippen molar-refractivity contribution in [3.05, 3.63) is 17.6 Å². The van der Waals surface area contributed by atoms with Crippen LogP contribution in [0.2, 0.25) is 0 Å². The first-order valence-electron chi connectivity index (χ1n) is 8.03. The number of anilines is 1. The number of fused-ring (bicyclic) bond motifs is 1. The van der Waals surface area contributed by atoms with Gasteiger partial charge in [-0.2, -0.15) is 0 Å². The number of carbonyl (C=O) groups is 1. The third kappa shape index (κ3) is 2.74. The molecule has 3 rings (SSSR count). The Bertz CT molecular complexity index is 532. The molecule has 114 valence electrons. The fraction of sp³-hybridized carbons (Fsp3) is 0.688. The lowest BCUT2D eigenvalue weighted by atomic mass is 9.88. The summed E-state index contributed by atoms with van der Waals surface area (Å²) in [6, 6.07) is -0.440. The molecule has 1 saturated heterocycles. The van der Waals surface area contributed by atoms with E-state index in [1.807, 2.05) is 4.90 Å². The minimum Gasteiger partial charge on any atom is -0.480 e. The topological polar surface area (TPSA) is 66.3 Å². The van der Waals surface area contributed by atoms with E-state index in [1.165, 1.54) is 12.0 Å². The number of aromatic nitrogens is 2. The van der Waals surface area contributed by atoms with Gasteiger partial charge in [0.15, 0.2) is 0 Å². The van der Waals surface area contributed by atoms with Crippen LogP contribution in [0, 0.1) is 5.92 Å². The molecule has 0 aromatic carbocycles. The predicted molar refractivity (Wildman–Crippen MR) is 80.5 cm³/mol. The van der Waals surface area contributed by atoms with Crippen LogP contribution in [0.15, 0.2) is 6.33 Å². The minimum atomic E-state index is -0.726. The van der Waals surface area contributed by atoms with Crippen molar-refractivity contribution in [3.63, 3.8) is 0 Å². The van der Waals surface area contributed by atoms with Crippen LogP contribution in [0.5, 0.6) is 0 Å². The highest BCUT2D eigenvalue weighted by Gasteiger charge is 2.35. The summed E-state index contributed by atoms with van der Waals surface area (Å²) in [6.45, 7) is 2.94. The fourth-order valence-corrected chi connectivity index (χ4v) is 3.65. The van der Waals surface area contributed by atoms with Crippen LogP contribution in [0.3, 0.4) is 0 Å². The van der Waals surface area contributed by atoms with Crippen LogP contribution in [-0.4, -0.2) is 33.6 Å². The van der Waals surface area contributed by atoms with Gasteiger partial charge in [-0.25, -0.2) is 14.8 Å². The second-order valence-electron chi connectivity index (χ2n) is 6.18. The van der Waals surface area contributed by atoms with E-state index in [1.54, 1.807) is 6.33 Å². The average Bonchev–Trinajstić information content (AvgIpc) is 2.53. The average molecular weight is 289 g/mol. The monoisotopic (exact) mass is 289 g/mol. The predicted octanol–water partition coefficient (Wildman–Crippen LogP) is 2.43. The molecule has 1 aliphatic carbocycles. The molecule has 0 bridgehead atoms. The number of aliphatic carboxylic acids is 1. The SMILES string of the molecule is CCC1CCN(c2ncnc3c2CCCC3)C(C(=O)O)C1. The molecule has 21 heavy (non-hydrogen) atoms. The lowest BCUT2D eigenvalue weighted by Crippen LogP contribution is -2.48. The van der Waals surface area contributed by atoms with Crippen molar-refractivity contribution in [2.45, 2.75) is 57.9 Å². The van der Waals surface area contributed by atoms with Gasteiger partial charge < -0.3 is 10.0 Å². The second kappa shape index (κ2) is 6.00. The van der Waals surface area contributed by atoms with Crippen molar-refractivity contribution in [3.8, 4) is 0 Å². The van der Waals surface area contributed by atoms with E-state index in [2.05, 4.69) is 16.9 Å². The normalized spacial score (nSPS) is 25.5. The van der Waals surface area contributed by atoms with Gasteiger partial charge in [0.2, 0.25) is 0 Å². The summed E-state index contributed by atoms with van der Waals surface area (Å²) >= 11 is 0. The number of rotatable bonds is 3. The van der Waals surface area contributed by atoms with Crippen LogP contribution < -0.4 is 4.90 Å². The molecule has 0 spiro atoms. The highest BCUT2D eigenvalue weighted by Crippen LogP contribution is 2.33. The van der Waals surface area contributed by atoms with Gasteiger partial charge in [-0.15, -0.1) is 0 Å². The van der Waals surface area contributed by atoms with Gasteiger partial charge in [-0.05, 0) is 44.4 Å². The zero-order valence-corrected chi connectivity index (χ0v) is 12.6. The summed E-state index contributed by atoms with van der Waals surface area (Å²) in [5.41, 5.74) is 2.30. The van der Waals surface area contributed by atoms with Crippen LogP contribution in [0.4, 0.5) is 5.82 Å². The summed E-state index contributed by atoms with van der Waals surface area (Å²) in [4.78, 5) is 22.5. The molecule has 2 aliphatic rings. The molecule has 1 fully saturated rings. The third-order valence-corrected chi connectivity index (χ3v) is 4.95. The largest absolute Gasteiger partial charge is 0.480 e. The van der Waals surface area contributed by atoms with Gasteiger partial charge in [0.05, 0.1) is 0 Å². The van der Waals surface area contributed by atoms with Gasteiger partial charge in [-0.1, -0.05) is 13.3 Å². The van der Waals surface area contributed by atoms with Crippen LogP contribution in [0.25, 0.3) is 0 Å². The molecule has 2 unspecified atom stereocenters. The van der Waals surface area contributed by atoms with Gasteiger partial charge in [0.1, 0.15) is 18.2 Å². The smallest absolute Gasteiger partial charge is 0.326 e. The maximum absolute atomic E-state index is 11.7. The van der Waals surface area contributed by atoms with E-state index in [0.29, 0.717) is 5.92 Å². The first kappa shape index (κ1) is 14.3.